The van der Waals surface area contributed by atoms with Gasteiger partial charge >= 0.3 is 12.1 Å². The third-order valence-corrected chi connectivity index (χ3v) is 4.11. The zero-order chi connectivity index (χ0) is 16.2. The SMILES string of the molecule is CCN(CC(C)C(=O)O)C(=O)C1CCCCC1C(F)(F)F. The van der Waals surface area contributed by atoms with E-state index in [1.165, 1.54) is 11.8 Å². The van der Waals surface area contributed by atoms with E-state index in [0.29, 0.717) is 12.8 Å². The van der Waals surface area contributed by atoms with E-state index >= 15 is 0 Å². The zero-order valence-corrected chi connectivity index (χ0v) is 12.3. The molecule has 1 fully saturated rings. The Hall–Kier alpha value is -1.27. The fourth-order valence-corrected chi connectivity index (χ4v) is 2.84. The molecule has 1 saturated carbocycles. The van der Waals surface area contributed by atoms with Gasteiger partial charge in [0, 0.05) is 19.0 Å². The Bertz CT molecular complexity index is 384. The zero-order valence-electron chi connectivity index (χ0n) is 12.3. The van der Waals surface area contributed by atoms with E-state index in [1.54, 1.807) is 6.92 Å². The lowest BCUT2D eigenvalue weighted by Gasteiger charge is -2.35. The number of carboxylic acids is 1. The van der Waals surface area contributed by atoms with Crippen molar-refractivity contribution < 1.29 is 27.9 Å². The summed E-state index contributed by atoms with van der Waals surface area (Å²) in [4.78, 5) is 24.5. The van der Waals surface area contributed by atoms with Crippen molar-refractivity contribution in [2.75, 3.05) is 13.1 Å². The first-order valence-corrected chi connectivity index (χ1v) is 7.26. The minimum atomic E-state index is -4.38. The van der Waals surface area contributed by atoms with Crippen LogP contribution in [0.15, 0.2) is 0 Å². The van der Waals surface area contributed by atoms with E-state index in [4.69, 9.17) is 5.11 Å². The molecule has 1 aliphatic carbocycles. The van der Waals surface area contributed by atoms with Gasteiger partial charge in [-0.2, -0.15) is 13.2 Å². The first-order valence-electron chi connectivity index (χ1n) is 7.26. The maximum atomic E-state index is 13.0. The maximum absolute atomic E-state index is 13.0. The van der Waals surface area contributed by atoms with E-state index < -0.39 is 35.8 Å². The second kappa shape index (κ2) is 7.13. The Kier molecular flexibility index (Phi) is 6.04. The molecule has 1 amide bonds. The molecule has 122 valence electrons. The molecule has 0 heterocycles. The number of rotatable bonds is 5. The van der Waals surface area contributed by atoms with E-state index in [1.807, 2.05) is 0 Å². The van der Waals surface area contributed by atoms with Crippen molar-refractivity contribution in [2.24, 2.45) is 17.8 Å². The molecule has 0 aromatic rings. The number of carboxylic acid groups (broad SMARTS) is 1. The lowest BCUT2D eigenvalue weighted by atomic mass is 9.78. The highest BCUT2D eigenvalue weighted by Crippen LogP contribution is 2.42. The summed E-state index contributed by atoms with van der Waals surface area (Å²) >= 11 is 0. The van der Waals surface area contributed by atoms with Gasteiger partial charge in [0.05, 0.1) is 11.8 Å². The second-order valence-electron chi connectivity index (χ2n) is 5.66. The van der Waals surface area contributed by atoms with E-state index in [0.717, 1.165) is 0 Å². The van der Waals surface area contributed by atoms with Gasteiger partial charge in [-0.05, 0) is 19.8 Å². The van der Waals surface area contributed by atoms with Gasteiger partial charge in [-0.25, -0.2) is 0 Å². The Morgan fingerprint density at radius 2 is 1.86 bits per heavy atom. The molecule has 0 saturated heterocycles. The Labute approximate surface area is 122 Å². The summed E-state index contributed by atoms with van der Waals surface area (Å²) in [5.74, 6) is -5.08. The summed E-state index contributed by atoms with van der Waals surface area (Å²) in [6.07, 6.45) is -3.09. The molecule has 1 N–H and O–H groups in total. The van der Waals surface area contributed by atoms with Crippen LogP contribution in [0.25, 0.3) is 0 Å². The second-order valence-corrected chi connectivity index (χ2v) is 5.66. The van der Waals surface area contributed by atoms with E-state index in [2.05, 4.69) is 0 Å². The molecule has 0 aromatic carbocycles. The third kappa shape index (κ3) is 4.61. The van der Waals surface area contributed by atoms with Crippen LogP contribution in [-0.2, 0) is 9.59 Å². The van der Waals surface area contributed by atoms with Crippen LogP contribution in [0, 0.1) is 17.8 Å². The topological polar surface area (TPSA) is 57.6 Å². The smallest absolute Gasteiger partial charge is 0.392 e. The summed E-state index contributed by atoms with van der Waals surface area (Å²) in [7, 11) is 0. The molecule has 0 aromatic heterocycles. The summed E-state index contributed by atoms with van der Waals surface area (Å²) in [5, 5.41) is 8.88. The fourth-order valence-electron chi connectivity index (χ4n) is 2.84. The number of carbonyl (C=O) groups excluding carboxylic acids is 1. The minimum Gasteiger partial charge on any atom is -0.481 e. The molecule has 0 aliphatic heterocycles. The quantitative estimate of drug-likeness (QED) is 0.849. The van der Waals surface area contributed by atoms with Crippen LogP contribution < -0.4 is 0 Å². The fraction of sp³-hybridized carbons (Fsp3) is 0.857. The lowest BCUT2D eigenvalue weighted by Crippen LogP contribution is -2.46. The molecular weight excluding hydrogens is 287 g/mol. The van der Waals surface area contributed by atoms with Crippen molar-refractivity contribution in [3.05, 3.63) is 0 Å². The number of aliphatic carboxylic acids is 1. The first-order chi connectivity index (χ1) is 9.68. The van der Waals surface area contributed by atoms with Crippen molar-refractivity contribution in [1.29, 1.82) is 0 Å². The minimum absolute atomic E-state index is 0.0219. The predicted octanol–water partition coefficient (Wildman–Crippen LogP) is 2.92. The molecule has 3 atom stereocenters. The molecule has 21 heavy (non-hydrogen) atoms. The van der Waals surface area contributed by atoms with Crippen molar-refractivity contribution in [3.8, 4) is 0 Å². The Morgan fingerprint density at radius 3 is 2.33 bits per heavy atom. The number of carbonyl (C=O) groups is 2. The standard InChI is InChI=1S/C14H22F3NO3/c1-3-18(8-9(2)13(20)21)12(19)10-6-4-5-7-11(10)14(15,16)17/h9-11H,3-8H2,1-2H3,(H,20,21). The summed E-state index contributed by atoms with van der Waals surface area (Å²) < 4.78 is 39.1. The predicted molar refractivity (Wildman–Crippen MR) is 70.6 cm³/mol. The van der Waals surface area contributed by atoms with Gasteiger partial charge in [-0.3, -0.25) is 9.59 Å². The van der Waals surface area contributed by atoms with Gasteiger partial charge in [0.25, 0.3) is 0 Å². The number of nitrogens with zero attached hydrogens (tertiary/aromatic N) is 1. The number of amides is 1. The first kappa shape index (κ1) is 17.8. The van der Waals surface area contributed by atoms with Crippen LogP contribution >= 0.6 is 0 Å². The Morgan fingerprint density at radius 1 is 1.29 bits per heavy atom. The van der Waals surface area contributed by atoms with Crippen LogP contribution in [0.5, 0.6) is 0 Å². The monoisotopic (exact) mass is 309 g/mol. The summed E-state index contributed by atoms with van der Waals surface area (Å²) in [6.45, 7) is 3.27. The summed E-state index contributed by atoms with van der Waals surface area (Å²) in [5.41, 5.74) is 0. The molecule has 0 radical (unpaired) electrons. The highest BCUT2D eigenvalue weighted by Gasteiger charge is 2.48. The molecule has 4 nitrogen and oxygen atoms in total. The molecular formula is C14H22F3NO3. The molecule has 0 bridgehead atoms. The highest BCUT2D eigenvalue weighted by atomic mass is 19.4. The van der Waals surface area contributed by atoms with E-state index in [-0.39, 0.29) is 25.9 Å². The van der Waals surface area contributed by atoms with Gasteiger partial charge < -0.3 is 10.0 Å². The van der Waals surface area contributed by atoms with Crippen LogP contribution in [0.1, 0.15) is 39.5 Å². The third-order valence-electron chi connectivity index (χ3n) is 4.11. The van der Waals surface area contributed by atoms with Gasteiger partial charge in [0.1, 0.15) is 0 Å². The normalized spacial score (nSPS) is 24.4. The molecule has 7 heteroatoms. The van der Waals surface area contributed by atoms with Crippen molar-refractivity contribution in [1.82, 2.24) is 4.90 Å². The van der Waals surface area contributed by atoms with Crippen molar-refractivity contribution >= 4 is 11.9 Å². The van der Waals surface area contributed by atoms with Crippen LogP contribution in [0.3, 0.4) is 0 Å². The molecule has 1 aliphatic rings. The molecule has 1 rings (SSSR count). The maximum Gasteiger partial charge on any atom is 0.392 e. The lowest BCUT2D eigenvalue weighted by molar-refractivity contribution is -0.201. The highest BCUT2D eigenvalue weighted by molar-refractivity contribution is 5.80. The number of hydrogen-bond acceptors (Lipinski definition) is 2. The number of halogens is 3. The van der Waals surface area contributed by atoms with Crippen LogP contribution in [0.2, 0.25) is 0 Å². The van der Waals surface area contributed by atoms with Gasteiger partial charge in [-0.1, -0.05) is 19.8 Å². The van der Waals surface area contributed by atoms with Gasteiger partial charge in [0.2, 0.25) is 5.91 Å². The average Bonchev–Trinajstić information content (AvgIpc) is 2.42. The van der Waals surface area contributed by atoms with Crippen molar-refractivity contribution in [2.45, 2.75) is 45.7 Å². The van der Waals surface area contributed by atoms with Crippen LogP contribution in [0.4, 0.5) is 13.2 Å². The Balaban J connectivity index is 2.83. The van der Waals surface area contributed by atoms with E-state index in [9.17, 15) is 22.8 Å². The summed E-state index contributed by atoms with van der Waals surface area (Å²) in [6, 6.07) is 0. The van der Waals surface area contributed by atoms with Crippen LogP contribution in [-0.4, -0.2) is 41.1 Å². The number of hydrogen-bond donors (Lipinski definition) is 1. The average molecular weight is 309 g/mol. The van der Waals surface area contributed by atoms with Gasteiger partial charge in [0.15, 0.2) is 0 Å². The molecule has 3 unspecified atom stereocenters. The van der Waals surface area contributed by atoms with Crippen molar-refractivity contribution in [3.63, 3.8) is 0 Å². The van der Waals surface area contributed by atoms with Gasteiger partial charge in [-0.15, -0.1) is 0 Å². The largest absolute Gasteiger partial charge is 0.481 e. The molecule has 0 spiro atoms. The number of alkyl halides is 3.